The van der Waals surface area contributed by atoms with Crippen molar-refractivity contribution < 1.29 is 4.79 Å². The Balaban J connectivity index is 1.95. The Kier molecular flexibility index (Phi) is 4.63. The zero-order valence-corrected chi connectivity index (χ0v) is 12.4. The number of thiazole rings is 1. The van der Waals surface area contributed by atoms with Gasteiger partial charge in [0.2, 0.25) is 0 Å². The van der Waals surface area contributed by atoms with Crippen LogP contribution in [0.5, 0.6) is 0 Å². The van der Waals surface area contributed by atoms with Crippen LogP contribution in [-0.2, 0) is 0 Å². The third-order valence-electron chi connectivity index (χ3n) is 3.42. The number of nitrogens with two attached hydrogens (primary N) is 1. The summed E-state index contributed by atoms with van der Waals surface area (Å²) in [5.74, 6) is 1.08. The molecule has 0 saturated heterocycles. The van der Waals surface area contributed by atoms with Crippen LogP contribution in [0.4, 0.5) is 10.9 Å². The summed E-state index contributed by atoms with van der Waals surface area (Å²) >= 11 is 1.38. The number of hydrogen-bond donors (Lipinski definition) is 2. The van der Waals surface area contributed by atoms with Gasteiger partial charge < -0.3 is 16.0 Å². The van der Waals surface area contributed by atoms with E-state index < -0.39 is 0 Å². The molecule has 0 unspecified atom stereocenters. The highest BCUT2D eigenvalue weighted by atomic mass is 32.1. The van der Waals surface area contributed by atoms with Crippen molar-refractivity contribution in [1.29, 1.82) is 0 Å². The summed E-state index contributed by atoms with van der Waals surface area (Å²) < 4.78 is 0. The molecular weight excluding hydrogens is 260 g/mol. The summed E-state index contributed by atoms with van der Waals surface area (Å²) in [6.07, 6.45) is 3.70. The number of nitrogens with one attached hydrogen (secondary N) is 1. The van der Waals surface area contributed by atoms with Gasteiger partial charge in [-0.25, -0.2) is 4.98 Å². The van der Waals surface area contributed by atoms with Crippen LogP contribution in [0, 0.1) is 5.92 Å². The molecule has 2 rings (SSSR count). The highest BCUT2D eigenvalue weighted by Gasteiger charge is 2.22. The first-order valence-electron chi connectivity index (χ1n) is 6.95. The average molecular weight is 282 g/mol. The molecule has 6 heteroatoms. The van der Waals surface area contributed by atoms with Gasteiger partial charge >= 0.3 is 0 Å². The molecule has 0 radical (unpaired) electrons. The third-order valence-corrected chi connectivity index (χ3v) is 4.55. The smallest absolute Gasteiger partial charge is 0.265 e. The summed E-state index contributed by atoms with van der Waals surface area (Å²) in [6.45, 7) is 6.60. The van der Waals surface area contributed by atoms with Crippen molar-refractivity contribution in [3.05, 3.63) is 4.88 Å². The Hall–Kier alpha value is -1.30. The van der Waals surface area contributed by atoms with E-state index in [9.17, 15) is 4.79 Å². The molecule has 1 aliphatic carbocycles. The zero-order valence-electron chi connectivity index (χ0n) is 11.6. The fraction of sp³-hybridized carbons (Fsp3) is 0.692. The normalized spacial score (nSPS) is 14.4. The quantitative estimate of drug-likeness (QED) is 0.803. The van der Waals surface area contributed by atoms with Crippen LogP contribution >= 0.6 is 11.3 Å². The van der Waals surface area contributed by atoms with Crippen LogP contribution in [0.25, 0.3) is 0 Å². The van der Waals surface area contributed by atoms with Gasteiger partial charge in [-0.15, -0.1) is 0 Å². The van der Waals surface area contributed by atoms with Crippen molar-refractivity contribution in [3.63, 3.8) is 0 Å². The highest BCUT2D eigenvalue weighted by Crippen LogP contribution is 2.32. The average Bonchev–Trinajstić information content (AvgIpc) is 3.13. The molecule has 0 spiro atoms. The van der Waals surface area contributed by atoms with E-state index in [1.165, 1.54) is 24.2 Å². The van der Waals surface area contributed by atoms with Crippen molar-refractivity contribution >= 4 is 28.2 Å². The summed E-state index contributed by atoms with van der Waals surface area (Å²) in [5.41, 5.74) is 5.85. The maximum atomic E-state index is 12.0. The van der Waals surface area contributed by atoms with Crippen molar-refractivity contribution in [2.75, 3.05) is 30.3 Å². The molecule has 1 aromatic heterocycles. The van der Waals surface area contributed by atoms with E-state index >= 15 is 0 Å². The third kappa shape index (κ3) is 3.59. The SMILES string of the molecule is CCN(CC)c1nc(N)c(C(=O)NCCC2CC2)s1. The molecule has 0 bridgehead atoms. The van der Waals surface area contributed by atoms with Crippen molar-refractivity contribution in [1.82, 2.24) is 10.3 Å². The van der Waals surface area contributed by atoms with Crippen LogP contribution in [-0.4, -0.2) is 30.5 Å². The molecule has 1 amide bonds. The molecule has 3 N–H and O–H groups in total. The lowest BCUT2D eigenvalue weighted by molar-refractivity contribution is 0.0957. The molecule has 19 heavy (non-hydrogen) atoms. The lowest BCUT2D eigenvalue weighted by atomic mass is 10.3. The van der Waals surface area contributed by atoms with Gasteiger partial charge in [0.05, 0.1) is 0 Å². The van der Waals surface area contributed by atoms with Crippen molar-refractivity contribution in [2.45, 2.75) is 33.1 Å². The summed E-state index contributed by atoms with van der Waals surface area (Å²) in [6, 6.07) is 0. The first-order chi connectivity index (χ1) is 9.15. The van der Waals surface area contributed by atoms with Gasteiger partial charge in [0.25, 0.3) is 5.91 Å². The number of amides is 1. The monoisotopic (exact) mass is 282 g/mol. The number of rotatable bonds is 7. The van der Waals surface area contributed by atoms with Crippen molar-refractivity contribution in [3.8, 4) is 0 Å². The van der Waals surface area contributed by atoms with E-state index in [0.29, 0.717) is 10.7 Å². The standard InChI is InChI=1S/C13H22N4OS/c1-3-17(4-2)13-16-11(14)10(19-13)12(18)15-8-7-9-5-6-9/h9H,3-8,14H2,1-2H3,(H,15,18). The maximum absolute atomic E-state index is 12.0. The van der Waals surface area contributed by atoms with E-state index in [2.05, 4.69) is 29.0 Å². The second-order valence-corrected chi connectivity index (χ2v) is 5.85. The topological polar surface area (TPSA) is 71.2 Å². The molecule has 1 saturated carbocycles. The van der Waals surface area contributed by atoms with E-state index in [-0.39, 0.29) is 5.91 Å². The molecule has 0 atom stereocenters. The van der Waals surface area contributed by atoms with Crippen LogP contribution in [0.1, 0.15) is 42.8 Å². The summed E-state index contributed by atoms with van der Waals surface area (Å²) in [5, 5.41) is 3.76. The lowest BCUT2D eigenvalue weighted by Gasteiger charge is -2.16. The second kappa shape index (κ2) is 6.23. The predicted octanol–water partition coefficient (Wildman–Crippen LogP) is 2.10. The van der Waals surface area contributed by atoms with Gasteiger partial charge in [0.15, 0.2) is 5.13 Å². The van der Waals surface area contributed by atoms with Crippen molar-refractivity contribution in [2.24, 2.45) is 5.92 Å². The van der Waals surface area contributed by atoms with E-state index in [0.717, 1.165) is 37.1 Å². The fourth-order valence-corrected chi connectivity index (χ4v) is 3.02. The largest absolute Gasteiger partial charge is 0.382 e. The molecule has 1 heterocycles. The van der Waals surface area contributed by atoms with Gasteiger partial charge in [0.1, 0.15) is 10.7 Å². The van der Waals surface area contributed by atoms with Gasteiger partial charge in [-0.3, -0.25) is 4.79 Å². The van der Waals surface area contributed by atoms with Crippen LogP contribution < -0.4 is 16.0 Å². The molecule has 1 aromatic rings. The number of hydrogen-bond acceptors (Lipinski definition) is 5. The van der Waals surface area contributed by atoms with Crippen LogP contribution in [0.15, 0.2) is 0 Å². The number of carbonyl (C=O) groups excluding carboxylic acids is 1. The fourth-order valence-electron chi connectivity index (χ4n) is 1.99. The van der Waals surface area contributed by atoms with Gasteiger partial charge in [0, 0.05) is 19.6 Å². The van der Waals surface area contributed by atoms with E-state index in [1.807, 2.05) is 0 Å². The first kappa shape index (κ1) is 14.1. The second-order valence-electron chi connectivity index (χ2n) is 4.87. The minimum absolute atomic E-state index is 0.0888. The van der Waals surface area contributed by atoms with Gasteiger partial charge in [-0.1, -0.05) is 24.2 Å². The van der Waals surface area contributed by atoms with Gasteiger partial charge in [-0.2, -0.15) is 0 Å². The Bertz CT molecular complexity index is 438. The molecular formula is C13H22N4OS. The zero-order chi connectivity index (χ0) is 13.8. The van der Waals surface area contributed by atoms with E-state index in [4.69, 9.17) is 5.73 Å². The number of aromatic nitrogens is 1. The van der Waals surface area contributed by atoms with Crippen LogP contribution in [0.2, 0.25) is 0 Å². The summed E-state index contributed by atoms with van der Waals surface area (Å²) in [4.78, 5) is 19.0. The Labute approximate surface area is 118 Å². The molecule has 0 aliphatic heterocycles. The maximum Gasteiger partial charge on any atom is 0.265 e. The molecule has 106 valence electrons. The number of carbonyl (C=O) groups is 1. The number of anilines is 2. The molecule has 0 aromatic carbocycles. The number of nitrogen functional groups attached to an aromatic ring is 1. The predicted molar refractivity (Wildman–Crippen MR) is 79.8 cm³/mol. The van der Waals surface area contributed by atoms with E-state index in [1.54, 1.807) is 0 Å². The highest BCUT2D eigenvalue weighted by molar-refractivity contribution is 7.18. The Morgan fingerprint density at radius 2 is 2.16 bits per heavy atom. The molecule has 1 aliphatic rings. The first-order valence-corrected chi connectivity index (χ1v) is 7.76. The van der Waals surface area contributed by atoms with Crippen LogP contribution in [0.3, 0.4) is 0 Å². The van der Waals surface area contributed by atoms with Gasteiger partial charge in [-0.05, 0) is 26.2 Å². The molecule has 5 nitrogen and oxygen atoms in total. The molecule has 1 fully saturated rings. The Morgan fingerprint density at radius 1 is 1.47 bits per heavy atom. The summed E-state index contributed by atoms with van der Waals surface area (Å²) in [7, 11) is 0. The minimum Gasteiger partial charge on any atom is -0.382 e. The Morgan fingerprint density at radius 3 is 2.74 bits per heavy atom. The lowest BCUT2D eigenvalue weighted by Crippen LogP contribution is -2.24. The number of nitrogens with zero attached hydrogens (tertiary/aromatic N) is 2. The minimum atomic E-state index is -0.0888.